The number of nitrogens with zero attached hydrogens (tertiary/aromatic N) is 2. The molecule has 0 aromatic carbocycles. The van der Waals surface area contributed by atoms with Crippen molar-refractivity contribution in [2.45, 2.75) is 45.1 Å². The Labute approximate surface area is 72.3 Å². The van der Waals surface area contributed by atoms with Gasteiger partial charge in [-0.1, -0.05) is 6.92 Å². The third-order valence-electron chi connectivity index (χ3n) is 2.00. The maximum atomic E-state index is 10.6. The van der Waals surface area contributed by atoms with Gasteiger partial charge in [-0.3, -0.25) is 10.1 Å². The summed E-state index contributed by atoms with van der Waals surface area (Å²) in [5.74, 6) is 0. The molecule has 0 aromatic heterocycles. The fraction of sp³-hybridized carbons (Fsp3) is 0.875. The van der Waals surface area contributed by atoms with Crippen LogP contribution in [0.25, 0.3) is 0 Å². The maximum Gasteiger partial charge on any atom is 0.220 e. The molecule has 1 atom stereocenters. The Morgan fingerprint density at radius 1 is 1.58 bits per heavy atom. The summed E-state index contributed by atoms with van der Waals surface area (Å²) in [5, 5.41) is 18.9. The summed E-state index contributed by atoms with van der Waals surface area (Å²) in [6.45, 7) is 3.52. The highest BCUT2D eigenvalue weighted by Gasteiger charge is 2.35. The van der Waals surface area contributed by atoms with E-state index in [-0.39, 0.29) is 11.3 Å². The van der Waals surface area contributed by atoms with Gasteiger partial charge in [-0.2, -0.15) is 5.26 Å². The monoisotopic (exact) mass is 170 g/mol. The van der Waals surface area contributed by atoms with Crippen LogP contribution < -0.4 is 0 Å². The number of nitro groups is 1. The third-order valence-corrected chi connectivity index (χ3v) is 2.00. The maximum absolute atomic E-state index is 10.6. The Bertz CT molecular complexity index is 198. The molecule has 0 aliphatic carbocycles. The van der Waals surface area contributed by atoms with E-state index in [1.807, 2.05) is 13.0 Å². The first-order chi connectivity index (χ1) is 5.56. The molecule has 0 rings (SSSR count). The molecule has 0 heterocycles. The van der Waals surface area contributed by atoms with Gasteiger partial charge in [0.15, 0.2) is 0 Å². The fourth-order valence-electron chi connectivity index (χ4n) is 1.17. The van der Waals surface area contributed by atoms with Crippen molar-refractivity contribution in [3.8, 4) is 6.07 Å². The zero-order valence-corrected chi connectivity index (χ0v) is 7.54. The molecule has 0 aromatic rings. The van der Waals surface area contributed by atoms with Gasteiger partial charge in [0.2, 0.25) is 5.54 Å². The average molecular weight is 170 g/mol. The molecule has 4 heteroatoms. The minimum absolute atomic E-state index is 0.261. The van der Waals surface area contributed by atoms with Crippen LogP contribution in [0.15, 0.2) is 0 Å². The van der Waals surface area contributed by atoms with Crippen molar-refractivity contribution in [3.05, 3.63) is 10.1 Å². The van der Waals surface area contributed by atoms with Gasteiger partial charge in [-0.25, -0.2) is 0 Å². The van der Waals surface area contributed by atoms with Crippen molar-refractivity contribution in [2.75, 3.05) is 0 Å². The molecule has 12 heavy (non-hydrogen) atoms. The van der Waals surface area contributed by atoms with Crippen LogP contribution in [0.4, 0.5) is 0 Å². The number of hydrogen-bond acceptors (Lipinski definition) is 3. The van der Waals surface area contributed by atoms with Gasteiger partial charge in [0.05, 0.1) is 6.07 Å². The molecular weight excluding hydrogens is 156 g/mol. The smallest absolute Gasteiger partial charge is 0.220 e. The lowest BCUT2D eigenvalue weighted by Gasteiger charge is -2.18. The van der Waals surface area contributed by atoms with Gasteiger partial charge in [0.1, 0.15) is 0 Å². The Morgan fingerprint density at radius 3 is 2.50 bits per heavy atom. The summed E-state index contributed by atoms with van der Waals surface area (Å²) in [6.07, 6.45) is 1.94. The average Bonchev–Trinajstić information content (AvgIpc) is 2.01. The first kappa shape index (κ1) is 10.9. The molecule has 4 nitrogen and oxygen atoms in total. The van der Waals surface area contributed by atoms with Crippen LogP contribution in [0.2, 0.25) is 0 Å². The Morgan fingerprint density at radius 2 is 2.17 bits per heavy atom. The summed E-state index contributed by atoms with van der Waals surface area (Å²) in [7, 11) is 0. The summed E-state index contributed by atoms with van der Waals surface area (Å²) in [4.78, 5) is 10.3. The SMILES string of the molecule is CCCC(C)(CCC#N)[N+](=O)[O-]. The zero-order valence-electron chi connectivity index (χ0n) is 7.54. The highest BCUT2D eigenvalue weighted by Crippen LogP contribution is 2.22. The van der Waals surface area contributed by atoms with Gasteiger partial charge in [0.25, 0.3) is 0 Å². The van der Waals surface area contributed by atoms with Crippen LogP contribution in [0, 0.1) is 21.4 Å². The zero-order chi connectivity index (χ0) is 9.61. The quantitative estimate of drug-likeness (QED) is 0.468. The largest absolute Gasteiger partial charge is 0.264 e. The van der Waals surface area contributed by atoms with Crippen LogP contribution in [-0.2, 0) is 0 Å². The molecular formula is C8H14N2O2. The number of nitriles is 1. The molecule has 1 unspecified atom stereocenters. The van der Waals surface area contributed by atoms with E-state index in [1.165, 1.54) is 0 Å². The van der Waals surface area contributed by atoms with E-state index in [1.54, 1.807) is 6.92 Å². The lowest BCUT2D eigenvalue weighted by molar-refractivity contribution is -0.567. The van der Waals surface area contributed by atoms with Crippen molar-refractivity contribution >= 4 is 0 Å². The molecule has 0 fully saturated rings. The van der Waals surface area contributed by atoms with Crippen LogP contribution in [0.1, 0.15) is 39.5 Å². The fourth-order valence-corrected chi connectivity index (χ4v) is 1.17. The molecule has 0 aliphatic heterocycles. The minimum atomic E-state index is -0.898. The molecule has 0 amide bonds. The van der Waals surface area contributed by atoms with Crippen molar-refractivity contribution in [1.29, 1.82) is 5.26 Å². The standard InChI is InChI=1S/C8H14N2O2/c1-3-5-8(2,10(11)12)6-4-7-9/h3-6H2,1-2H3. The Kier molecular flexibility index (Phi) is 4.27. The molecule has 0 aliphatic rings. The van der Waals surface area contributed by atoms with E-state index in [4.69, 9.17) is 5.26 Å². The van der Waals surface area contributed by atoms with E-state index >= 15 is 0 Å². The van der Waals surface area contributed by atoms with E-state index in [0.29, 0.717) is 12.8 Å². The van der Waals surface area contributed by atoms with E-state index in [0.717, 1.165) is 6.42 Å². The van der Waals surface area contributed by atoms with Crippen molar-refractivity contribution in [2.24, 2.45) is 0 Å². The molecule has 68 valence electrons. The summed E-state index contributed by atoms with van der Waals surface area (Å²) in [5.41, 5.74) is -0.898. The molecule has 0 bridgehead atoms. The summed E-state index contributed by atoms with van der Waals surface area (Å²) < 4.78 is 0. The predicted octanol–water partition coefficient (Wildman–Crippen LogP) is 2.13. The topological polar surface area (TPSA) is 66.9 Å². The van der Waals surface area contributed by atoms with Crippen LogP contribution >= 0.6 is 0 Å². The summed E-state index contributed by atoms with van der Waals surface area (Å²) in [6, 6.07) is 1.93. The lowest BCUT2D eigenvalue weighted by Crippen LogP contribution is -2.34. The van der Waals surface area contributed by atoms with Gasteiger partial charge >= 0.3 is 0 Å². The van der Waals surface area contributed by atoms with Crippen LogP contribution in [-0.4, -0.2) is 10.5 Å². The normalized spacial score (nSPS) is 14.8. The van der Waals surface area contributed by atoms with E-state index < -0.39 is 5.54 Å². The molecule has 0 N–H and O–H groups in total. The van der Waals surface area contributed by atoms with E-state index in [2.05, 4.69) is 0 Å². The number of hydrogen-bond donors (Lipinski definition) is 0. The second-order valence-electron chi connectivity index (χ2n) is 3.16. The molecule has 0 spiro atoms. The molecule has 0 radical (unpaired) electrons. The van der Waals surface area contributed by atoms with Gasteiger partial charge in [0, 0.05) is 31.1 Å². The lowest BCUT2D eigenvalue weighted by atomic mass is 9.92. The van der Waals surface area contributed by atoms with Crippen molar-refractivity contribution in [1.82, 2.24) is 0 Å². The Balaban J connectivity index is 4.20. The third kappa shape index (κ3) is 2.87. The Hall–Kier alpha value is -1.11. The second-order valence-corrected chi connectivity index (χ2v) is 3.16. The minimum Gasteiger partial charge on any atom is -0.264 e. The molecule has 0 saturated carbocycles. The highest BCUT2D eigenvalue weighted by atomic mass is 16.6. The molecule has 0 saturated heterocycles. The van der Waals surface area contributed by atoms with E-state index in [9.17, 15) is 10.1 Å². The van der Waals surface area contributed by atoms with Crippen molar-refractivity contribution < 1.29 is 4.92 Å². The van der Waals surface area contributed by atoms with Crippen LogP contribution in [0.5, 0.6) is 0 Å². The summed E-state index contributed by atoms with van der Waals surface area (Å²) >= 11 is 0. The van der Waals surface area contributed by atoms with Crippen molar-refractivity contribution in [3.63, 3.8) is 0 Å². The number of rotatable bonds is 5. The van der Waals surface area contributed by atoms with Gasteiger partial charge in [-0.05, 0) is 6.42 Å². The van der Waals surface area contributed by atoms with Gasteiger partial charge in [-0.15, -0.1) is 0 Å². The second kappa shape index (κ2) is 4.70. The highest BCUT2D eigenvalue weighted by molar-refractivity contribution is 4.80. The first-order valence-corrected chi connectivity index (χ1v) is 4.08. The van der Waals surface area contributed by atoms with Gasteiger partial charge < -0.3 is 0 Å². The van der Waals surface area contributed by atoms with Crippen LogP contribution in [0.3, 0.4) is 0 Å². The predicted molar refractivity (Wildman–Crippen MR) is 45.2 cm³/mol. The first-order valence-electron chi connectivity index (χ1n) is 4.08.